The Hall–Kier alpha value is -3.09. The predicted octanol–water partition coefficient (Wildman–Crippen LogP) is 4.79. The van der Waals surface area contributed by atoms with Gasteiger partial charge in [0.25, 0.3) is 5.91 Å². The lowest BCUT2D eigenvalue weighted by Gasteiger charge is -2.32. The molecule has 3 aromatic rings. The van der Waals surface area contributed by atoms with Crippen LogP contribution >= 0.6 is 0 Å². The molecule has 37 heavy (non-hydrogen) atoms. The second-order valence-corrected chi connectivity index (χ2v) is 10.4. The fraction of sp³-hybridized carbons (Fsp3) is 0.452. The molecule has 1 aliphatic carbocycles. The zero-order valence-electron chi connectivity index (χ0n) is 22.3. The van der Waals surface area contributed by atoms with Gasteiger partial charge in [0.1, 0.15) is 5.75 Å². The van der Waals surface area contributed by atoms with Crippen LogP contribution in [0.2, 0.25) is 0 Å². The van der Waals surface area contributed by atoms with Crippen LogP contribution in [0.5, 0.6) is 5.75 Å². The van der Waals surface area contributed by atoms with E-state index in [2.05, 4.69) is 57.1 Å². The molecule has 0 atom stereocenters. The summed E-state index contributed by atoms with van der Waals surface area (Å²) in [6, 6.07) is 18.8. The van der Waals surface area contributed by atoms with Crippen molar-refractivity contribution in [2.75, 3.05) is 53.4 Å². The molecule has 1 aliphatic heterocycles. The number of amides is 1. The van der Waals surface area contributed by atoms with Crippen LogP contribution in [0.1, 0.15) is 47.3 Å². The topological polar surface area (TPSA) is 49.7 Å². The van der Waals surface area contributed by atoms with Crippen molar-refractivity contribution in [2.24, 2.45) is 0 Å². The van der Waals surface area contributed by atoms with E-state index < -0.39 is 0 Å². The van der Waals surface area contributed by atoms with E-state index in [0.717, 1.165) is 69.0 Å². The number of hydrogen-bond donors (Lipinski definition) is 1. The molecule has 1 aromatic heterocycles. The minimum atomic E-state index is 0.00396. The zero-order chi connectivity index (χ0) is 25.6. The standard InChI is InChI=1S/C31H40N4O2/c1-33-18-20-34(21-19-33)17-7-16-32-31(36)24-12-14-27(15-13-24)35-29-11-5-3-4-8-26(29)23-30(35)25-9-6-10-28(22-25)37-2/h6,9-10,12-15,22-23H,3-5,7-8,11,16-21H2,1-2H3,(H,32,36). The summed E-state index contributed by atoms with van der Waals surface area (Å²) < 4.78 is 7.90. The molecule has 0 radical (unpaired) electrons. The van der Waals surface area contributed by atoms with Crippen molar-refractivity contribution in [3.8, 4) is 22.7 Å². The van der Waals surface area contributed by atoms with Gasteiger partial charge in [0, 0.05) is 55.2 Å². The number of carbonyl (C=O) groups is 1. The van der Waals surface area contributed by atoms with E-state index in [1.807, 2.05) is 24.3 Å². The molecule has 6 nitrogen and oxygen atoms in total. The number of likely N-dealkylation sites (N-methyl/N-ethyl adjacent to an activating group) is 1. The Bertz CT molecular complexity index is 1190. The summed E-state index contributed by atoms with van der Waals surface area (Å²) in [5.74, 6) is 0.865. The van der Waals surface area contributed by atoms with Crippen molar-refractivity contribution in [2.45, 2.75) is 38.5 Å². The molecule has 1 fully saturated rings. The molecule has 1 amide bonds. The number of hydrogen-bond acceptors (Lipinski definition) is 4. The monoisotopic (exact) mass is 500 g/mol. The van der Waals surface area contributed by atoms with Gasteiger partial charge in [-0.3, -0.25) is 4.79 Å². The van der Waals surface area contributed by atoms with Crippen molar-refractivity contribution in [3.63, 3.8) is 0 Å². The predicted molar refractivity (Wildman–Crippen MR) is 150 cm³/mol. The fourth-order valence-electron chi connectivity index (χ4n) is 5.61. The molecule has 0 unspecified atom stereocenters. The van der Waals surface area contributed by atoms with Gasteiger partial charge in [0.2, 0.25) is 0 Å². The van der Waals surface area contributed by atoms with Gasteiger partial charge in [-0.2, -0.15) is 0 Å². The number of aromatic nitrogens is 1. The normalized spacial score (nSPS) is 16.7. The minimum Gasteiger partial charge on any atom is -0.497 e. The van der Waals surface area contributed by atoms with Crippen LogP contribution in [0.25, 0.3) is 16.9 Å². The summed E-state index contributed by atoms with van der Waals surface area (Å²) in [5.41, 5.74) is 6.99. The summed E-state index contributed by atoms with van der Waals surface area (Å²) in [7, 11) is 3.89. The van der Waals surface area contributed by atoms with Crippen LogP contribution < -0.4 is 10.1 Å². The quantitative estimate of drug-likeness (QED) is 0.357. The SMILES string of the molecule is COc1cccc(-c2cc3c(n2-c2ccc(C(=O)NCCCN4CCN(C)CC4)cc2)CCCCC3)c1. The Balaban J connectivity index is 1.30. The molecular formula is C31H40N4O2. The highest BCUT2D eigenvalue weighted by Crippen LogP contribution is 2.34. The summed E-state index contributed by atoms with van der Waals surface area (Å²) in [5, 5.41) is 3.11. The largest absolute Gasteiger partial charge is 0.497 e. The maximum atomic E-state index is 12.8. The summed E-state index contributed by atoms with van der Waals surface area (Å²) >= 11 is 0. The van der Waals surface area contributed by atoms with Gasteiger partial charge in [0.15, 0.2) is 0 Å². The Labute approximate surface area is 221 Å². The number of nitrogens with one attached hydrogen (secondary N) is 1. The van der Waals surface area contributed by atoms with Crippen molar-refractivity contribution >= 4 is 5.91 Å². The third-order valence-electron chi connectivity index (χ3n) is 7.84. The third-order valence-corrected chi connectivity index (χ3v) is 7.84. The van der Waals surface area contributed by atoms with Gasteiger partial charge in [-0.25, -0.2) is 0 Å². The molecular weight excluding hydrogens is 460 g/mol. The van der Waals surface area contributed by atoms with E-state index in [1.165, 1.54) is 36.2 Å². The van der Waals surface area contributed by atoms with Crippen LogP contribution in [-0.4, -0.2) is 73.7 Å². The Morgan fingerprint density at radius 2 is 1.73 bits per heavy atom. The first-order valence-electron chi connectivity index (χ1n) is 13.8. The molecule has 5 rings (SSSR count). The number of ether oxygens (including phenoxy) is 1. The second kappa shape index (κ2) is 12.0. The lowest BCUT2D eigenvalue weighted by molar-refractivity contribution is 0.0949. The summed E-state index contributed by atoms with van der Waals surface area (Å²) in [6.45, 7) is 6.24. The number of methoxy groups -OCH3 is 1. The third kappa shape index (κ3) is 6.08. The maximum Gasteiger partial charge on any atom is 0.251 e. The molecule has 2 aromatic carbocycles. The van der Waals surface area contributed by atoms with E-state index in [9.17, 15) is 4.79 Å². The molecule has 6 heteroatoms. The number of carbonyl (C=O) groups excluding carboxylic acids is 1. The average Bonchev–Trinajstić information content (AvgIpc) is 3.14. The Morgan fingerprint density at radius 1 is 0.946 bits per heavy atom. The van der Waals surface area contributed by atoms with E-state index in [4.69, 9.17) is 4.74 Å². The number of piperazine rings is 1. The second-order valence-electron chi connectivity index (χ2n) is 10.4. The van der Waals surface area contributed by atoms with E-state index in [0.29, 0.717) is 12.1 Å². The van der Waals surface area contributed by atoms with Crippen LogP contribution in [0.4, 0.5) is 0 Å². The lowest BCUT2D eigenvalue weighted by Crippen LogP contribution is -2.45. The lowest BCUT2D eigenvalue weighted by atomic mass is 10.1. The smallest absolute Gasteiger partial charge is 0.251 e. The molecule has 0 saturated carbocycles. The van der Waals surface area contributed by atoms with Gasteiger partial charge in [-0.1, -0.05) is 18.6 Å². The molecule has 2 heterocycles. The first-order valence-corrected chi connectivity index (χ1v) is 13.8. The van der Waals surface area contributed by atoms with Crippen molar-refractivity contribution < 1.29 is 9.53 Å². The molecule has 2 aliphatic rings. The minimum absolute atomic E-state index is 0.00396. The van der Waals surface area contributed by atoms with Crippen LogP contribution in [0.15, 0.2) is 54.6 Å². The summed E-state index contributed by atoms with van der Waals surface area (Å²) in [6.07, 6.45) is 6.90. The first kappa shape index (κ1) is 25.6. The number of fused-ring (bicyclic) bond motifs is 1. The van der Waals surface area contributed by atoms with E-state index in [1.54, 1.807) is 7.11 Å². The van der Waals surface area contributed by atoms with Crippen molar-refractivity contribution in [3.05, 3.63) is 71.4 Å². The van der Waals surface area contributed by atoms with Gasteiger partial charge < -0.3 is 24.4 Å². The van der Waals surface area contributed by atoms with Gasteiger partial charge >= 0.3 is 0 Å². The fourth-order valence-corrected chi connectivity index (χ4v) is 5.61. The zero-order valence-corrected chi connectivity index (χ0v) is 22.3. The molecule has 0 bridgehead atoms. The number of aryl methyl sites for hydroxylation is 1. The van der Waals surface area contributed by atoms with Crippen LogP contribution in [-0.2, 0) is 12.8 Å². The van der Waals surface area contributed by atoms with Crippen LogP contribution in [0.3, 0.4) is 0 Å². The van der Waals surface area contributed by atoms with Crippen LogP contribution in [0, 0.1) is 0 Å². The first-order chi connectivity index (χ1) is 18.1. The van der Waals surface area contributed by atoms with Crippen molar-refractivity contribution in [1.82, 2.24) is 19.7 Å². The average molecular weight is 501 g/mol. The molecule has 196 valence electrons. The molecule has 1 N–H and O–H groups in total. The molecule has 1 saturated heterocycles. The highest BCUT2D eigenvalue weighted by Gasteiger charge is 2.20. The Morgan fingerprint density at radius 3 is 2.51 bits per heavy atom. The van der Waals surface area contributed by atoms with Crippen molar-refractivity contribution in [1.29, 1.82) is 0 Å². The number of nitrogens with zero attached hydrogens (tertiary/aromatic N) is 3. The Kier molecular flexibility index (Phi) is 8.27. The van der Waals surface area contributed by atoms with Gasteiger partial charge in [0.05, 0.1) is 12.8 Å². The van der Waals surface area contributed by atoms with Gasteiger partial charge in [-0.05, 0) is 93.7 Å². The highest BCUT2D eigenvalue weighted by molar-refractivity contribution is 5.94. The number of rotatable bonds is 8. The van der Waals surface area contributed by atoms with Gasteiger partial charge in [-0.15, -0.1) is 0 Å². The maximum absolute atomic E-state index is 12.8. The van der Waals surface area contributed by atoms with E-state index in [-0.39, 0.29) is 5.91 Å². The highest BCUT2D eigenvalue weighted by atomic mass is 16.5. The number of benzene rings is 2. The summed E-state index contributed by atoms with van der Waals surface area (Å²) in [4.78, 5) is 17.7. The van der Waals surface area contributed by atoms with E-state index >= 15 is 0 Å². The molecule has 0 spiro atoms.